The smallest absolute Gasteiger partial charge is 0.317 e. The summed E-state index contributed by atoms with van der Waals surface area (Å²) in [5.74, 6) is 0.510. The van der Waals surface area contributed by atoms with Gasteiger partial charge in [-0.2, -0.15) is 4.98 Å². The van der Waals surface area contributed by atoms with Crippen molar-refractivity contribution in [1.29, 1.82) is 0 Å². The number of likely N-dealkylation sites (tertiary alicyclic amines) is 1. The van der Waals surface area contributed by atoms with Gasteiger partial charge in [0.25, 0.3) is 0 Å². The van der Waals surface area contributed by atoms with Gasteiger partial charge in [-0.1, -0.05) is 11.2 Å². The van der Waals surface area contributed by atoms with Gasteiger partial charge in [0.1, 0.15) is 0 Å². The van der Waals surface area contributed by atoms with Crippen LogP contribution in [-0.4, -0.2) is 63.7 Å². The van der Waals surface area contributed by atoms with E-state index in [-0.39, 0.29) is 25.0 Å². The minimum atomic E-state index is -0.774. The van der Waals surface area contributed by atoms with Crippen molar-refractivity contribution in [3.63, 3.8) is 0 Å². The molecule has 0 aliphatic carbocycles. The number of thiophene rings is 1. The maximum absolute atomic E-state index is 10.9. The molecule has 0 radical (unpaired) electrons. The highest BCUT2D eigenvalue weighted by molar-refractivity contribution is 7.13. The van der Waals surface area contributed by atoms with E-state index < -0.39 is 5.97 Å². The van der Waals surface area contributed by atoms with Gasteiger partial charge in [0, 0.05) is 12.6 Å². The second-order valence-corrected chi connectivity index (χ2v) is 7.49. The van der Waals surface area contributed by atoms with E-state index in [1.54, 1.807) is 11.3 Å². The zero-order valence-corrected chi connectivity index (χ0v) is 16.6. The van der Waals surface area contributed by atoms with Crippen LogP contribution in [0.3, 0.4) is 0 Å². The average molecular weight is 401 g/mol. The van der Waals surface area contributed by atoms with E-state index >= 15 is 0 Å². The van der Waals surface area contributed by atoms with E-state index in [1.165, 1.54) is 0 Å². The molecule has 2 aromatic rings. The van der Waals surface area contributed by atoms with Gasteiger partial charge < -0.3 is 9.63 Å². The molecule has 0 amide bonds. The Bertz CT molecular complexity index is 694. The van der Waals surface area contributed by atoms with Crippen molar-refractivity contribution < 1.29 is 14.4 Å². The third-order valence-electron chi connectivity index (χ3n) is 4.83. The minimum absolute atomic E-state index is 0. The van der Waals surface area contributed by atoms with Gasteiger partial charge in [0.15, 0.2) is 0 Å². The highest BCUT2D eigenvalue weighted by Crippen LogP contribution is 2.27. The molecular weight excluding hydrogens is 376 g/mol. The molecule has 3 heterocycles. The normalized spacial score (nSPS) is 19.7. The van der Waals surface area contributed by atoms with Crippen LogP contribution in [0.15, 0.2) is 22.0 Å². The second-order valence-electron chi connectivity index (χ2n) is 6.54. The number of carboxylic acid groups (broad SMARTS) is 1. The van der Waals surface area contributed by atoms with Gasteiger partial charge >= 0.3 is 5.97 Å². The summed E-state index contributed by atoms with van der Waals surface area (Å²) in [5, 5.41) is 15.1. The highest BCUT2D eigenvalue weighted by atomic mass is 35.5. The Morgan fingerprint density at radius 1 is 1.50 bits per heavy atom. The molecule has 0 saturated carbocycles. The lowest BCUT2D eigenvalue weighted by Crippen LogP contribution is -2.36. The lowest BCUT2D eigenvalue weighted by molar-refractivity contribution is -0.138. The largest absolute Gasteiger partial charge is 0.480 e. The van der Waals surface area contributed by atoms with E-state index in [0.717, 1.165) is 37.2 Å². The Balaban J connectivity index is 0.00000243. The maximum Gasteiger partial charge on any atom is 0.317 e. The van der Waals surface area contributed by atoms with Crippen molar-refractivity contribution in [2.24, 2.45) is 0 Å². The predicted molar refractivity (Wildman–Crippen MR) is 103 cm³/mol. The molecule has 1 fully saturated rings. The monoisotopic (exact) mass is 400 g/mol. The Kier molecular flexibility index (Phi) is 7.57. The first-order chi connectivity index (χ1) is 12.0. The summed E-state index contributed by atoms with van der Waals surface area (Å²) in [5.41, 5.74) is 0. The highest BCUT2D eigenvalue weighted by Gasteiger charge is 2.27. The van der Waals surface area contributed by atoms with E-state index in [4.69, 9.17) is 9.63 Å². The topological polar surface area (TPSA) is 82.7 Å². The van der Waals surface area contributed by atoms with Crippen molar-refractivity contribution in [3.05, 3.63) is 23.4 Å². The molecule has 1 aliphatic rings. The summed E-state index contributed by atoms with van der Waals surface area (Å²) < 4.78 is 5.49. The minimum Gasteiger partial charge on any atom is -0.480 e. The summed E-state index contributed by atoms with van der Waals surface area (Å²) in [4.78, 5) is 20.8. The van der Waals surface area contributed by atoms with Crippen LogP contribution in [0.5, 0.6) is 0 Å². The summed E-state index contributed by atoms with van der Waals surface area (Å²) in [6.45, 7) is 4.03. The third-order valence-corrected chi connectivity index (χ3v) is 5.69. The number of carbonyl (C=O) groups is 1. The molecule has 9 heteroatoms. The zero-order chi connectivity index (χ0) is 17.8. The third kappa shape index (κ3) is 5.03. The average Bonchev–Trinajstić information content (AvgIpc) is 3.20. The predicted octanol–water partition coefficient (Wildman–Crippen LogP) is 3.15. The molecule has 3 rings (SSSR count). The Morgan fingerprint density at radius 2 is 2.31 bits per heavy atom. The van der Waals surface area contributed by atoms with Gasteiger partial charge in [-0.25, -0.2) is 0 Å². The number of halogens is 1. The van der Waals surface area contributed by atoms with Gasteiger partial charge in [0.2, 0.25) is 11.7 Å². The lowest BCUT2D eigenvalue weighted by Gasteiger charge is -2.27. The lowest BCUT2D eigenvalue weighted by atomic mass is 10.1. The van der Waals surface area contributed by atoms with Crippen molar-refractivity contribution in [3.8, 4) is 10.7 Å². The molecular formula is C17H25ClN4O3S. The molecule has 144 valence electrons. The standard InChI is InChI=1S/C17H24N4O3S.ClH/c1-12(17-18-16(19-24-17)14-6-4-10-25-14)21-8-3-5-13(7-9-21)20(2)11-15(22)23;/h4,6,10,12-13H,3,5,7-9,11H2,1-2H3,(H,22,23);1H. The molecule has 7 nitrogen and oxygen atoms in total. The van der Waals surface area contributed by atoms with Crippen LogP contribution in [0.2, 0.25) is 0 Å². The number of carboxylic acids is 1. The van der Waals surface area contributed by atoms with Gasteiger partial charge in [-0.3, -0.25) is 14.6 Å². The first-order valence-corrected chi connectivity index (χ1v) is 9.46. The number of hydrogen-bond donors (Lipinski definition) is 1. The van der Waals surface area contributed by atoms with Crippen molar-refractivity contribution in [2.75, 3.05) is 26.7 Å². The second kappa shape index (κ2) is 9.45. The Morgan fingerprint density at radius 3 is 3.00 bits per heavy atom. The summed E-state index contributed by atoms with van der Waals surface area (Å²) in [6.07, 6.45) is 2.99. The summed E-state index contributed by atoms with van der Waals surface area (Å²) in [7, 11) is 1.89. The van der Waals surface area contributed by atoms with E-state index in [1.807, 2.05) is 29.5 Å². The SMILES string of the molecule is CC(c1nc(-c2cccs2)no1)N1CCCC(N(C)CC(=O)O)CC1.Cl. The number of aliphatic carboxylic acids is 1. The van der Waals surface area contributed by atoms with Gasteiger partial charge in [0.05, 0.1) is 17.5 Å². The quantitative estimate of drug-likeness (QED) is 0.797. The Hall–Kier alpha value is -1.48. The number of likely N-dealkylation sites (N-methyl/N-ethyl adjacent to an activating group) is 1. The number of hydrogen-bond acceptors (Lipinski definition) is 7. The fourth-order valence-corrected chi connectivity index (χ4v) is 3.99. The molecule has 0 aromatic carbocycles. The van der Waals surface area contributed by atoms with E-state index in [0.29, 0.717) is 17.8 Å². The fourth-order valence-electron chi connectivity index (χ4n) is 3.34. The van der Waals surface area contributed by atoms with E-state index in [2.05, 4.69) is 22.0 Å². The number of nitrogens with zero attached hydrogens (tertiary/aromatic N) is 4. The maximum atomic E-state index is 10.9. The molecule has 1 aliphatic heterocycles. The zero-order valence-electron chi connectivity index (χ0n) is 15.0. The first kappa shape index (κ1) is 20.8. The van der Waals surface area contributed by atoms with Crippen LogP contribution in [0.1, 0.15) is 38.1 Å². The van der Waals surface area contributed by atoms with Crippen LogP contribution in [0, 0.1) is 0 Å². The molecule has 2 aromatic heterocycles. The summed E-state index contributed by atoms with van der Waals surface area (Å²) in [6, 6.07) is 4.32. The molecule has 1 N–H and O–H groups in total. The van der Waals surface area contributed by atoms with Crippen LogP contribution < -0.4 is 0 Å². The molecule has 0 spiro atoms. The van der Waals surface area contributed by atoms with Crippen LogP contribution in [-0.2, 0) is 4.79 Å². The van der Waals surface area contributed by atoms with Crippen LogP contribution in [0.4, 0.5) is 0 Å². The molecule has 2 atom stereocenters. The summed E-state index contributed by atoms with van der Waals surface area (Å²) >= 11 is 1.60. The molecule has 0 bridgehead atoms. The van der Waals surface area contributed by atoms with Gasteiger partial charge in [-0.15, -0.1) is 23.7 Å². The van der Waals surface area contributed by atoms with E-state index in [9.17, 15) is 4.79 Å². The van der Waals surface area contributed by atoms with Crippen molar-refractivity contribution in [2.45, 2.75) is 38.3 Å². The first-order valence-electron chi connectivity index (χ1n) is 8.58. The number of aromatic nitrogens is 2. The Labute approximate surface area is 163 Å². The number of rotatable bonds is 6. The van der Waals surface area contributed by atoms with Gasteiger partial charge in [-0.05, 0) is 51.2 Å². The van der Waals surface area contributed by atoms with Crippen molar-refractivity contribution >= 4 is 29.7 Å². The van der Waals surface area contributed by atoms with Crippen LogP contribution in [0.25, 0.3) is 10.7 Å². The molecule has 2 unspecified atom stereocenters. The fraction of sp³-hybridized carbons (Fsp3) is 0.588. The molecule has 26 heavy (non-hydrogen) atoms. The van der Waals surface area contributed by atoms with Crippen molar-refractivity contribution in [1.82, 2.24) is 19.9 Å². The van der Waals surface area contributed by atoms with Crippen LogP contribution >= 0.6 is 23.7 Å². The molecule has 1 saturated heterocycles.